The van der Waals surface area contributed by atoms with Crippen LogP contribution in [0.1, 0.15) is 25.3 Å². The molecule has 0 amide bonds. The van der Waals surface area contributed by atoms with Gasteiger partial charge in [0.05, 0.1) is 17.4 Å². The second kappa shape index (κ2) is 7.89. The third kappa shape index (κ3) is 4.01. The Morgan fingerprint density at radius 1 is 1.30 bits per heavy atom. The Kier molecular flexibility index (Phi) is 5.16. The quantitative estimate of drug-likeness (QED) is 0.217. The lowest BCUT2D eigenvalue weighted by Crippen LogP contribution is -2.16. The molecular formula is C17H18N6O3S. The lowest BCUT2D eigenvalue weighted by atomic mass is 10.1. The van der Waals surface area contributed by atoms with E-state index in [1.807, 2.05) is 6.33 Å². The molecule has 3 aromatic rings. The third-order valence-electron chi connectivity index (χ3n) is 4.76. The summed E-state index contributed by atoms with van der Waals surface area (Å²) in [7, 11) is 0. The maximum absolute atomic E-state index is 10.6. The Balaban J connectivity index is 1.24. The summed E-state index contributed by atoms with van der Waals surface area (Å²) in [4.78, 5) is 22.9. The molecule has 9 nitrogen and oxygen atoms in total. The number of non-ortho nitro benzene ring substituents is 1. The minimum absolute atomic E-state index is 0.0506. The molecule has 1 aromatic carbocycles. The topological polar surface area (TPSA) is 108 Å². The molecule has 1 N–H and O–H groups in total. The number of benzene rings is 1. The van der Waals surface area contributed by atoms with Crippen molar-refractivity contribution < 1.29 is 9.11 Å². The Morgan fingerprint density at radius 2 is 2.15 bits per heavy atom. The van der Waals surface area contributed by atoms with Crippen LogP contribution in [0.5, 0.6) is 5.75 Å². The predicted molar refractivity (Wildman–Crippen MR) is 101 cm³/mol. The molecule has 27 heavy (non-hydrogen) atoms. The van der Waals surface area contributed by atoms with Gasteiger partial charge < -0.3 is 8.75 Å². The summed E-state index contributed by atoms with van der Waals surface area (Å²) < 4.78 is 10.9. The number of nitro benzene ring substituents is 1. The molecule has 0 radical (unpaired) electrons. The maximum atomic E-state index is 10.6. The second-order valence-electron chi connectivity index (χ2n) is 6.48. The fraction of sp³-hybridized carbons (Fsp3) is 0.353. The first kappa shape index (κ1) is 17.7. The van der Waals surface area contributed by atoms with Crippen LogP contribution in [0.2, 0.25) is 0 Å². The average Bonchev–Trinajstić information content (AvgIpc) is 3.32. The summed E-state index contributed by atoms with van der Waals surface area (Å²) in [6, 6.07) is 6.43. The molecule has 1 aliphatic rings. The Labute approximate surface area is 159 Å². The molecule has 0 saturated heterocycles. The van der Waals surface area contributed by atoms with Crippen molar-refractivity contribution in [3.05, 3.63) is 53.2 Å². The second-order valence-corrected chi connectivity index (χ2v) is 7.10. The van der Waals surface area contributed by atoms with Gasteiger partial charge >= 0.3 is 0 Å². The number of aromatic nitrogens is 4. The number of fused-ring (bicyclic) bond motifs is 1. The van der Waals surface area contributed by atoms with E-state index in [4.69, 9.17) is 4.18 Å². The highest BCUT2D eigenvalue weighted by Gasteiger charge is 2.27. The Bertz CT molecular complexity index is 932. The van der Waals surface area contributed by atoms with E-state index in [0.29, 0.717) is 17.7 Å². The summed E-state index contributed by atoms with van der Waals surface area (Å²) in [5.74, 6) is 1.12. The van der Waals surface area contributed by atoms with Gasteiger partial charge in [0.15, 0.2) is 5.65 Å². The van der Waals surface area contributed by atoms with Gasteiger partial charge in [-0.3, -0.25) is 10.1 Å². The van der Waals surface area contributed by atoms with Gasteiger partial charge in [0.2, 0.25) is 0 Å². The van der Waals surface area contributed by atoms with Crippen molar-refractivity contribution in [1.82, 2.24) is 24.2 Å². The molecular weight excluding hydrogens is 368 g/mol. The van der Waals surface area contributed by atoms with Crippen LogP contribution in [-0.2, 0) is 0 Å². The molecule has 0 spiro atoms. The van der Waals surface area contributed by atoms with E-state index in [0.717, 1.165) is 49.2 Å². The highest BCUT2D eigenvalue weighted by atomic mass is 32.2. The van der Waals surface area contributed by atoms with Gasteiger partial charge in [-0.1, -0.05) is 0 Å². The smallest absolute Gasteiger partial charge is 0.269 e. The van der Waals surface area contributed by atoms with E-state index in [9.17, 15) is 10.1 Å². The number of nitro groups is 1. The van der Waals surface area contributed by atoms with Crippen LogP contribution < -0.4 is 8.91 Å². The number of nitrogens with zero attached hydrogens (tertiary/aromatic N) is 5. The highest BCUT2D eigenvalue weighted by molar-refractivity contribution is 7.93. The lowest BCUT2D eigenvalue weighted by Gasteiger charge is -2.13. The number of hydrogen-bond donors (Lipinski definition) is 1. The van der Waals surface area contributed by atoms with Gasteiger partial charge in [-0.25, -0.2) is 19.7 Å². The SMILES string of the molecule is O=[N+]([O-])c1ccc(OSNCC2CCC(n3cnc4cncnc43)C2)cc1. The van der Waals surface area contributed by atoms with E-state index in [-0.39, 0.29) is 5.69 Å². The average molecular weight is 386 g/mol. The summed E-state index contributed by atoms with van der Waals surface area (Å²) in [5, 5.41) is 10.6. The fourth-order valence-electron chi connectivity index (χ4n) is 3.39. The molecule has 2 aromatic heterocycles. The molecule has 140 valence electrons. The number of hydrogen-bond acceptors (Lipinski definition) is 8. The van der Waals surface area contributed by atoms with Crippen molar-refractivity contribution in [1.29, 1.82) is 0 Å². The molecule has 1 aliphatic carbocycles. The van der Waals surface area contributed by atoms with Crippen molar-refractivity contribution in [2.75, 3.05) is 6.54 Å². The molecule has 2 heterocycles. The maximum Gasteiger partial charge on any atom is 0.269 e. The molecule has 1 fully saturated rings. The van der Waals surface area contributed by atoms with Gasteiger partial charge in [0, 0.05) is 24.7 Å². The minimum Gasteiger partial charge on any atom is -0.410 e. The van der Waals surface area contributed by atoms with Crippen LogP contribution >= 0.6 is 12.2 Å². The van der Waals surface area contributed by atoms with Gasteiger partial charge in [-0.15, -0.1) is 0 Å². The molecule has 4 rings (SSSR count). The summed E-state index contributed by atoms with van der Waals surface area (Å²) in [6.45, 7) is 0.829. The standard InChI is InChI=1S/C17H18N6O3S/c24-23(25)13-3-5-15(6-4-13)26-27-21-8-12-1-2-14(7-12)22-11-20-16-9-18-10-19-17(16)22/h3-6,9-12,14,21H,1-2,7-8H2. The van der Waals surface area contributed by atoms with Crippen molar-refractivity contribution in [2.24, 2.45) is 5.92 Å². The van der Waals surface area contributed by atoms with Gasteiger partial charge in [-0.05, 0) is 37.3 Å². The van der Waals surface area contributed by atoms with Crippen LogP contribution in [0.4, 0.5) is 5.69 Å². The van der Waals surface area contributed by atoms with Crippen LogP contribution in [0, 0.1) is 16.0 Å². The Hall–Kier alpha value is -2.72. The van der Waals surface area contributed by atoms with Crippen LogP contribution in [0.3, 0.4) is 0 Å². The monoisotopic (exact) mass is 386 g/mol. The van der Waals surface area contributed by atoms with Crippen molar-refractivity contribution in [3.8, 4) is 5.75 Å². The van der Waals surface area contributed by atoms with Crippen LogP contribution in [-0.4, -0.2) is 31.0 Å². The first-order chi connectivity index (χ1) is 13.2. The van der Waals surface area contributed by atoms with E-state index < -0.39 is 4.92 Å². The Morgan fingerprint density at radius 3 is 2.96 bits per heavy atom. The first-order valence-corrected chi connectivity index (χ1v) is 9.38. The van der Waals surface area contributed by atoms with Crippen LogP contribution in [0.25, 0.3) is 11.2 Å². The molecule has 2 unspecified atom stereocenters. The van der Waals surface area contributed by atoms with Gasteiger partial charge in [-0.2, -0.15) is 0 Å². The van der Waals surface area contributed by atoms with Gasteiger partial charge in [0.1, 0.15) is 29.8 Å². The zero-order valence-electron chi connectivity index (χ0n) is 14.4. The van der Waals surface area contributed by atoms with Gasteiger partial charge in [0.25, 0.3) is 5.69 Å². The lowest BCUT2D eigenvalue weighted by molar-refractivity contribution is -0.384. The van der Waals surface area contributed by atoms with Crippen LogP contribution in [0.15, 0.2) is 43.1 Å². The minimum atomic E-state index is -0.429. The first-order valence-electron chi connectivity index (χ1n) is 8.64. The third-order valence-corrected chi connectivity index (χ3v) is 5.32. The highest BCUT2D eigenvalue weighted by Crippen LogP contribution is 2.35. The normalized spacial score (nSPS) is 19.4. The summed E-state index contributed by atoms with van der Waals surface area (Å²) in [5.41, 5.74) is 1.76. The summed E-state index contributed by atoms with van der Waals surface area (Å²) in [6.07, 6.45) is 8.42. The molecule has 2 atom stereocenters. The van der Waals surface area contributed by atoms with E-state index in [2.05, 4.69) is 24.2 Å². The molecule has 0 aliphatic heterocycles. The van der Waals surface area contributed by atoms with E-state index in [1.54, 1.807) is 24.7 Å². The fourth-order valence-corrected chi connectivity index (χ4v) is 3.96. The zero-order chi connectivity index (χ0) is 18.6. The molecule has 0 bridgehead atoms. The van der Waals surface area contributed by atoms with Crippen molar-refractivity contribution in [3.63, 3.8) is 0 Å². The number of nitrogens with one attached hydrogen (secondary N) is 1. The van der Waals surface area contributed by atoms with Crippen molar-refractivity contribution in [2.45, 2.75) is 25.3 Å². The molecule has 1 saturated carbocycles. The van der Waals surface area contributed by atoms with E-state index in [1.165, 1.54) is 12.1 Å². The number of rotatable bonds is 7. The molecule has 10 heteroatoms. The predicted octanol–water partition coefficient (Wildman–Crippen LogP) is 3.31. The van der Waals surface area contributed by atoms with Crippen molar-refractivity contribution >= 4 is 29.1 Å². The largest absolute Gasteiger partial charge is 0.410 e. The number of imidazole rings is 1. The van der Waals surface area contributed by atoms with E-state index >= 15 is 0 Å². The zero-order valence-corrected chi connectivity index (χ0v) is 15.2. The summed E-state index contributed by atoms with van der Waals surface area (Å²) >= 11 is 1.15.